The van der Waals surface area contributed by atoms with E-state index in [9.17, 15) is 4.79 Å². The van der Waals surface area contributed by atoms with Crippen LogP contribution in [0.25, 0.3) is 0 Å². The van der Waals surface area contributed by atoms with Gasteiger partial charge in [-0.25, -0.2) is 0 Å². The van der Waals surface area contributed by atoms with Crippen LogP contribution >= 0.6 is 0 Å². The molecule has 1 heterocycles. The number of hydrogen-bond donors (Lipinski definition) is 3. The van der Waals surface area contributed by atoms with E-state index in [1.165, 1.54) is 32.1 Å². The van der Waals surface area contributed by atoms with Crippen LogP contribution in [0.5, 0.6) is 5.75 Å². The van der Waals surface area contributed by atoms with Gasteiger partial charge in [0.2, 0.25) is 5.91 Å². The largest absolute Gasteiger partial charge is 0.497 e. The summed E-state index contributed by atoms with van der Waals surface area (Å²) in [6, 6.07) is 7.67. The number of nitrogens with one attached hydrogen (secondary N) is 3. The van der Waals surface area contributed by atoms with Gasteiger partial charge in [-0.15, -0.1) is 0 Å². The van der Waals surface area contributed by atoms with Crippen molar-refractivity contribution in [3.05, 3.63) is 29.8 Å². The van der Waals surface area contributed by atoms with E-state index in [0.29, 0.717) is 12.5 Å². The first-order valence-corrected chi connectivity index (χ1v) is 11.3. The van der Waals surface area contributed by atoms with Crippen molar-refractivity contribution in [3.63, 3.8) is 0 Å². The van der Waals surface area contributed by atoms with Crippen LogP contribution in [0.15, 0.2) is 29.3 Å². The standard InChI is InChI=1S/C23H37N5O3/c1-24-22(26-17-21(29)25-16-19-6-8-20(30-2)9-7-19)27-18-23(10-4-3-5-11-23)28-12-14-31-15-13-28/h6-9H,3-5,10-18H2,1-2H3,(H,25,29)(H2,24,26,27). The van der Waals surface area contributed by atoms with E-state index in [4.69, 9.17) is 9.47 Å². The molecule has 0 atom stereocenters. The normalized spacial score (nSPS) is 19.5. The third kappa shape index (κ3) is 6.83. The number of methoxy groups -OCH3 is 1. The minimum absolute atomic E-state index is 0.0701. The quantitative estimate of drug-likeness (QED) is 0.427. The number of ether oxygens (including phenoxy) is 2. The van der Waals surface area contributed by atoms with Crippen molar-refractivity contribution in [3.8, 4) is 5.75 Å². The lowest BCUT2D eigenvalue weighted by Crippen LogP contribution is -2.60. The fourth-order valence-corrected chi connectivity index (χ4v) is 4.49. The lowest BCUT2D eigenvalue weighted by atomic mass is 9.80. The molecule has 8 heteroatoms. The number of carbonyl (C=O) groups excluding carboxylic acids is 1. The summed E-state index contributed by atoms with van der Waals surface area (Å²) < 4.78 is 10.7. The van der Waals surface area contributed by atoms with Gasteiger partial charge in [-0.05, 0) is 30.5 Å². The zero-order valence-corrected chi connectivity index (χ0v) is 18.9. The molecule has 1 aromatic carbocycles. The van der Waals surface area contributed by atoms with Crippen molar-refractivity contribution in [2.75, 3.05) is 53.6 Å². The maximum absolute atomic E-state index is 12.3. The van der Waals surface area contributed by atoms with E-state index < -0.39 is 0 Å². The second kappa shape index (κ2) is 11.9. The summed E-state index contributed by atoms with van der Waals surface area (Å²) in [7, 11) is 3.38. The Morgan fingerprint density at radius 1 is 1.10 bits per heavy atom. The Labute approximate surface area is 185 Å². The van der Waals surface area contributed by atoms with E-state index in [1.54, 1.807) is 14.2 Å². The molecule has 3 rings (SSSR count). The first kappa shape index (κ1) is 23.3. The van der Waals surface area contributed by atoms with Gasteiger partial charge in [0.1, 0.15) is 5.75 Å². The van der Waals surface area contributed by atoms with Gasteiger partial charge < -0.3 is 25.4 Å². The Balaban J connectivity index is 1.44. The molecule has 3 N–H and O–H groups in total. The summed E-state index contributed by atoms with van der Waals surface area (Å²) in [4.78, 5) is 19.2. The van der Waals surface area contributed by atoms with Crippen molar-refractivity contribution in [2.45, 2.75) is 44.2 Å². The Morgan fingerprint density at radius 3 is 2.45 bits per heavy atom. The molecular weight excluding hydrogens is 394 g/mol. The molecular formula is C23H37N5O3. The van der Waals surface area contributed by atoms with E-state index in [0.717, 1.165) is 44.2 Å². The Morgan fingerprint density at radius 2 is 1.81 bits per heavy atom. The lowest BCUT2D eigenvalue weighted by Gasteiger charge is -2.48. The highest BCUT2D eigenvalue weighted by molar-refractivity contribution is 5.86. The first-order chi connectivity index (χ1) is 15.1. The lowest BCUT2D eigenvalue weighted by molar-refractivity contribution is -0.120. The van der Waals surface area contributed by atoms with Crippen molar-refractivity contribution in [1.82, 2.24) is 20.9 Å². The van der Waals surface area contributed by atoms with Crippen LogP contribution in [0.1, 0.15) is 37.7 Å². The monoisotopic (exact) mass is 431 g/mol. The Hall–Kier alpha value is -2.32. The number of aliphatic imine (C=N–C) groups is 1. The molecule has 1 saturated carbocycles. The molecule has 1 saturated heterocycles. The zero-order chi connectivity index (χ0) is 21.9. The fraction of sp³-hybridized carbons (Fsp3) is 0.652. The summed E-state index contributed by atoms with van der Waals surface area (Å²) in [6.45, 7) is 5.09. The molecule has 0 unspecified atom stereocenters. The molecule has 2 fully saturated rings. The highest BCUT2D eigenvalue weighted by atomic mass is 16.5. The molecule has 1 amide bonds. The highest BCUT2D eigenvalue weighted by Crippen LogP contribution is 2.33. The summed E-state index contributed by atoms with van der Waals surface area (Å²) in [5.41, 5.74) is 1.18. The van der Waals surface area contributed by atoms with Gasteiger partial charge in [-0.1, -0.05) is 31.4 Å². The average molecular weight is 432 g/mol. The van der Waals surface area contributed by atoms with Crippen LogP contribution in [-0.2, 0) is 16.1 Å². The van der Waals surface area contributed by atoms with E-state index >= 15 is 0 Å². The summed E-state index contributed by atoms with van der Waals surface area (Å²) in [5, 5.41) is 9.56. The molecule has 8 nitrogen and oxygen atoms in total. The van der Waals surface area contributed by atoms with Crippen LogP contribution < -0.4 is 20.7 Å². The fourth-order valence-electron chi connectivity index (χ4n) is 4.49. The summed E-state index contributed by atoms with van der Waals surface area (Å²) in [6.07, 6.45) is 6.23. The van der Waals surface area contributed by atoms with Crippen LogP contribution in [0.4, 0.5) is 0 Å². The number of benzene rings is 1. The number of morpholine rings is 1. The third-order valence-corrected chi connectivity index (χ3v) is 6.34. The van der Waals surface area contributed by atoms with Gasteiger partial charge in [-0.2, -0.15) is 0 Å². The minimum Gasteiger partial charge on any atom is -0.497 e. The third-order valence-electron chi connectivity index (χ3n) is 6.34. The Bertz CT molecular complexity index is 710. The topological polar surface area (TPSA) is 87.2 Å². The zero-order valence-electron chi connectivity index (χ0n) is 18.9. The van der Waals surface area contributed by atoms with Crippen LogP contribution in [0.3, 0.4) is 0 Å². The van der Waals surface area contributed by atoms with Gasteiger partial charge in [0.05, 0.1) is 26.9 Å². The number of guanidine groups is 1. The van der Waals surface area contributed by atoms with Gasteiger partial charge >= 0.3 is 0 Å². The summed E-state index contributed by atoms with van der Waals surface area (Å²) >= 11 is 0. The van der Waals surface area contributed by atoms with E-state index in [1.807, 2.05) is 24.3 Å². The van der Waals surface area contributed by atoms with Crippen LogP contribution in [-0.4, -0.2) is 75.9 Å². The smallest absolute Gasteiger partial charge is 0.239 e. The molecule has 1 aliphatic carbocycles. The molecule has 1 aliphatic heterocycles. The van der Waals surface area contributed by atoms with Crippen molar-refractivity contribution in [1.29, 1.82) is 0 Å². The molecule has 31 heavy (non-hydrogen) atoms. The van der Waals surface area contributed by atoms with Gasteiger partial charge in [0.25, 0.3) is 0 Å². The molecule has 0 aromatic heterocycles. The maximum Gasteiger partial charge on any atom is 0.239 e. The van der Waals surface area contributed by atoms with E-state index in [2.05, 4.69) is 25.8 Å². The van der Waals surface area contributed by atoms with Crippen molar-refractivity contribution >= 4 is 11.9 Å². The van der Waals surface area contributed by atoms with E-state index in [-0.39, 0.29) is 18.0 Å². The first-order valence-electron chi connectivity index (χ1n) is 11.3. The van der Waals surface area contributed by atoms with Gasteiger partial charge in [-0.3, -0.25) is 14.7 Å². The van der Waals surface area contributed by atoms with Crippen molar-refractivity contribution in [2.24, 2.45) is 4.99 Å². The number of nitrogens with zero attached hydrogens (tertiary/aromatic N) is 2. The van der Waals surface area contributed by atoms with Crippen LogP contribution in [0, 0.1) is 0 Å². The maximum atomic E-state index is 12.3. The molecule has 0 spiro atoms. The van der Waals surface area contributed by atoms with Crippen LogP contribution in [0.2, 0.25) is 0 Å². The SMILES string of the molecule is CN=C(NCC(=O)NCc1ccc(OC)cc1)NCC1(N2CCOCC2)CCCCC1. The predicted octanol–water partition coefficient (Wildman–Crippen LogP) is 1.51. The average Bonchev–Trinajstić information content (AvgIpc) is 2.84. The number of amides is 1. The predicted molar refractivity (Wildman–Crippen MR) is 122 cm³/mol. The van der Waals surface area contributed by atoms with Gasteiger partial charge in [0, 0.05) is 38.8 Å². The van der Waals surface area contributed by atoms with Crippen molar-refractivity contribution < 1.29 is 14.3 Å². The molecule has 172 valence electrons. The molecule has 0 radical (unpaired) electrons. The number of carbonyl (C=O) groups is 1. The molecule has 2 aliphatic rings. The molecule has 0 bridgehead atoms. The Kier molecular flexibility index (Phi) is 8.97. The molecule has 1 aromatic rings. The summed E-state index contributed by atoms with van der Waals surface area (Å²) in [5.74, 6) is 1.40. The second-order valence-corrected chi connectivity index (χ2v) is 8.29. The van der Waals surface area contributed by atoms with Gasteiger partial charge in [0.15, 0.2) is 5.96 Å². The number of hydrogen-bond acceptors (Lipinski definition) is 5. The second-order valence-electron chi connectivity index (χ2n) is 8.29. The number of rotatable bonds is 8. The highest BCUT2D eigenvalue weighted by Gasteiger charge is 2.38. The minimum atomic E-state index is -0.0701.